The van der Waals surface area contributed by atoms with Gasteiger partial charge in [0.05, 0.1) is 19.3 Å². The zero-order valence-electron chi connectivity index (χ0n) is 9.37. The van der Waals surface area contributed by atoms with E-state index in [-0.39, 0.29) is 0 Å². The van der Waals surface area contributed by atoms with Gasteiger partial charge in [-0.05, 0) is 25.0 Å². The zero-order chi connectivity index (χ0) is 11.3. The van der Waals surface area contributed by atoms with E-state index in [4.69, 9.17) is 9.47 Å². The molecule has 0 N–H and O–H groups in total. The quantitative estimate of drug-likeness (QED) is 0.697. The predicted octanol–water partition coefficient (Wildman–Crippen LogP) is 2.47. The summed E-state index contributed by atoms with van der Waals surface area (Å²) < 4.78 is 10.6. The van der Waals surface area contributed by atoms with Crippen LogP contribution < -0.4 is 9.47 Å². The van der Waals surface area contributed by atoms with Crippen molar-refractivity contribution in [2.45, 2.75) is 20.3 Å². The van der Waals surface area contributed by atoms with Crippen LogP contribution in [0.3, 0.4) is 0 Å². The highest BCUT2D eigenvalue weighted by molar-refractivity contribution is 5.80. The molecule has 1 aromatic rings. The Morgan fingerprint density at radius 2 is 2.00 bits per heavy atom. The fourth-order valence-corrected chi connectivity index (χ4v) is 1.46. The minimum Gasteiger partial charge on any atom is -0.496 e. The highest BCUT2D eigenvalue weighted by Gasteiger charge is 2.09. The van der Waals surface area contributed by atoms with Gasteiger partial charge < -0.3 is 9.47 Å². The third kappa shape index (κ3) is 2.49. The van der Waals surface area contributed by atoms with Crippen molar-refractivity contribution in [1.82, 2.24) is 0 Å². The fourth-order valence-electron chi connectivity index (χ4n) is 1.46. The summed E-state index contributed by atoms with van der Waals surface area (Å²) in [5.74, 6) is 1.35. The molecular formula is C12H16O3. The molecule has 0 amide bonds. The Morgan fingerprint density at radius 1 is 1.27 bits per heavy atom. The van der Waals surface area contributed by atoms with E-state index >= 15 is 0 Å². The van der Waals surface area contributed by atoms with E-state index < -0.39 is 0 Å². The number of methoxy groups -OCH3 is 1. The Bertz CT molecular complexity index is 345. The standard InChI is InChI=1S/C12H16O3/c1-4-9-6-10(8-13)12(15-5-2)7-11(9)14-3/h6-8H,4-5H2,1-3H3. The van der Waals surface area contributed by atoms with Gasteiger partial charge >= 0.3 is 0 Å². The van der Waals surface area contributed by atoms with E-state index in [0.29, 0.717) is 17.9 Å². The van der Waals surface area contributed by atoms with Crippen LogP contribution in [0.4, 0.5) is 0 Å². The van der Waals surface area contributed by atoms with Crippen LogP contribution in [0.15, 0.2) is 12.1 Å². The van der Waals surface area contributed by atoms with Crippen LogP contribution in [0.1, 0.15) is 29.8 Å². The average molecular weight is 208 g/mol. The monoisotopic (exact) mass is 208 g/mol. The molecular weight excluding hydrogens is 192 g/mol. The van der Waals surface area contributed by atoms with Gasteiger partial charge in [-0.25, -0.2) is 0 Å². The summed E-state index contributed by atoms with van der Waals surface area (Å²) >= 11 is 0. The number of hydrogen-bond donors (Lipinski definition) is 0. The molecule has 0 unspecified atom stereocenters. The van der Waals surface area contributed by atoms with Crippen molar-refractivity contribution in [3.05, 3.63) is 23.3 Å². The van der Waals surface area contributed by atoms with Gasteiger partial charge in [0, 0.05) is 6.07 Å². The van der Waals surface area contributed by atoms with Crippen molar-refractivity contribution >= 4 is 6.29 Å². The SMILES string of the molecule is CCOc1cc(OC)c(CC)cc1C=O. The lowest BCUT2D eigenvalue weighted by atomic mass is 10.1. The maximum absolute atomic E-state index is 10.8. The number of ether oxygens (including phenoxy) is 2. The van der Waals surface area contributed by atoms with Crippen LogP contribution in [-0.4, -0.2) is 20.0 Å². The minimum atomic E-state index is 0.537. The maximum atomic E-state index is 10.8. The van der Waals surface area contributed by atoms with Crippen LogP contribution >= 0.6 is 0 Å². The molecule has 0 heterocycles. The first-order valence-corrected chi connectivity index (χ1v) is 5.05. The van der Waals surface area contributed by atoms with Crippen LogP contribution in [0.2, 0.25) is 0 Å². The Morgan fingerprint density at radius 3 is 2.47 bits per heavy atom. The first-order chi connectivity index (χ1) is 7.26. The Kier molecular flexibility index (Phi) is 4.16. The highest BCUT2D eigenvalue weighted by Crippen LogP contribution is 2.28. The van der Waals surface area contributed by atoms with Crippen LogP contribution in [0, 0.1) is 0 Å². The molecule has 0 radical (unpaired) electrons. The van der Waals surface area contributed by atoms with Crippen molar-refractivity contribution in [2.24, 2.45) is 0 Å². The molecule has 1 rings (SSSR count). The van der Waals surface area contributed by atoms with Gasteiger partial charge in [0.2, 0.25) is 0 Å². The van der Waals surface area contributed by atoms with Crippen molar-refractivity contribution in [3.63, 3.8) is 0 Å². The van der Waals surface area contributed by atoms with Crippen LogP contribution in [0.25, 0.3) is 0 Å². The van der Waals surface area contributed by atoms with E-state index in [0.717, 1.165) is 24.0 Å². The van der Waals surface area contributed by atoms with Gasteiger partial charge in [-0.1, -0.05) is 6.92 Å². The summed E-state index contributed by atoms with van der Waals surface area (Å²) in [5, 5.41) is 0. The molecule has 15 heavy (non-hydrogen) atoms. The molecule has 0 saturated carbocycles. The molecule has 1 aromatic carbocycles. The van der Waals surface area contributed by atoms with Gasteiger partial charge in [0.15, 0.2) is 6.29 Å². The number of aldehydes is 1. The van der Waals surface area contributed by atoms with E-state index in [1.807, 2.05) is 19.9 Å². The average Bonchev–Trinajstić information content (AvgIpc) is 2.28. The summed E-state index contributed by atoms with van der Waals surface area (Å²) in [6.45, 7) is 4.44. The van der Waals surface area contributed by atoms with E-state index in [9.17, 15) is 4.79 Å². The lowest BCUT2D eigenvalue weighted by Crippen LogP contribution is -1.99. The topological polar surface area (TPSA) is 35.5 Å². The molecule has 3 heteroatoms. The lowest BCUT2D eigenvalue weighted by Gasteiger charge is -2.12. The molecule has 0 bridgehead atoms. The molecule has 0 aliphatic rings. The summed E-state index contributed by atoms with van der Waals surface area (Å²) in [6.07, 6.45) is 1.64. The van der Waals surface area contributed by atoms with Crippen molar-refractivity contribution in [2.75, 3.05) is 13.7 Å². The first-order valence-electron chi connectivity index (χ1n) is 5.05. The number of carbonyl (C=O) groups is 1. The number of rotatable bonds is 5. The first kappa shape index (κ1) is 11.6. The maximum Gasteiger partial charge on any atom is 0.153 e. The second-order valence-corrected chi connectivity index (χ2v) is 3.11. The Hall–Kier alpha value is -1.51. The predicted molar refractivity (Wildman–Crippen MR) is 58.9 cm³/mol. The molecule has 0 atom stereocenters. The highest BCUT2D eigenvalue weighted by atomic mass is 16.5. The second-order valence-electron chi connectivity index (χ2n) is 3.11. The molecule has 3 nitrogen and oxygen atoms in total. The molecule has 0 aliphatic heterocycles. The second kappa shape index (κ2) is 5.39. The summed E-state index contributed by atoms with van der Waals surface area (Å²) in [4.78, 5) is 10.8. The van der Waals surface area contributed by atoms with Crippen LogP contribution in [0.5, 0.6) is 11.5 Å². The largest absolute Gasteiger partial charge is 0.496 e. The summed E-state index contributed by atoms with van der Waals surface area (Å²) in [5.41, 5.74) is 1.59. The smallest absolute Gasteiger partial charge is 0.153 e. The zero-order valence-corrected chi connectivity index (χ0v) is 9.37. The van der Waals surface area contributed by atoms with Crippen molar-refractivity contribution in [3.8, 4) is 11.5 Å². The third-order valence-corrected chi connectivity index (χ3v) is 2.22. The van der Waals surface area contributed by atoms with Crippen molar-refractivity contribution < 1.29 is 14.3 Å². The normalized spacial score (nSPS) is 9.80. The fraction of sp³-hybridized carbons (Fsp3) is 0.417. The molecule has 0 saturated heterocycles. The number of benzene rings is 1. The molecule has 0 aliphatic carbocycles. The van der Waals surface area contributed by atoms with Gasteiger partial charge in [-0.15, -0.1) is 0 Å². The molecule has 0 aromatic heterocycles. The van der Waals surface area contributed by atoms with Crippen LogP contribution in [-0.2, 0) is 6.42 Å². The molecule has 0 fully saturated rings. The van der Waals surface area contributed by atoms with Gasteiger partial charge in [0.25, 0.3) is 0 Å². The number of carbonyl (C=O) groups excluding carboxylic acids is 1. The van der Waals surface area contributed by atoms with Gasteiger partial charge in [-0.2, -0.15) is 0 Å². The van der Waals surface area contributed by atoms with Gasteiger partial charge in [-0.3, -0.25) is 4.79 Å². The summed E-state index contributed by atoms with van der Waals surface area (Å²) in [6, 6.07) is 3.59. The number of aryl methyl sites for hydroxylation is 1. The van der Waals surface area contributed by atoms with Crippen molar-refractivity contribution in [1.29, 1.82) is 0 Å². The lowest BCUT2D eigenvalue weighted by molar-refractivity contribution is 0.111. The number of hydrogen-bond acceptors (Lipinski definition) is 3. The Labute approximate surface area is 90.0 Å². The third-order valence-electron chi connectivity index (χ3n) is 2.22. The van der Waals surface area contributed by atoms with E-state index in [1.165, 1.54) is 0 Å². The molecule has 82 valence electrons. The summed E-state index contributed by atoms with van der Waals surface area (Å²) in [7, 11) is 1.62. The molecule has 0 spiro atoms. The van der Waals surface area contributed by atoms with E-state index in [2.05, 4.69) is 0 Å². The van der Waals surface area contributed by atoms with E-state index in [1.54, 1.807) is 13.2 Å². The minimum absolute atomic E-state index is 0.537. The van der Waals surface area contributed by atoms with Gasteiger partial charge in [0.1, 0.15) is 11.5 Å². The Balaban J connectivity index is 3.20.